The molecular weight excluding hydrogens is 262 g/mol. The number of amides is 1. The maximum absolute atomic E-state index is 11.9. The van der Waals surface area contributed by atoms with Gasteiger partial charge in [-0.2, -0.15) is 0 Å². The van der Waals surface area contributed by atoms with Gasteiger partial charge in [0.15, 0.2) is 0 Å². The average Bonchev–Trinajstić information content (AvgIpc) is 2.55. The molecule has 0 aliphatic carbocycles. The summed E-state index contributed by atoms with van der Waals surface area (Å²) >= 11 is 0. The lowest BCUT2D eigenvalue weighted by Crippen LogP contribution is -2.29. The van der Waals surface area contributed by atoms with Gasteiger partial charge in [0, 0.05) is 36.6 Å². The number of hydrogen-bond donors (Lipinski definition) is 1. The number of aromatic nitrogens is 2. The molecule has 2 rings (SSSR count). The predicted molar refractivity (Wildman–Crippen MR) is 83.4 cm³/mol. The topological polar surface area (TPSA) is 54.9 Å². The van der Waals surface area contributed by atoms with Gasteiger partial charge in [-0.3, -0.25) is 14.8 Å². The van der Waals surface area contributed by atoms with E-state index in [2.05, 4.69) is 15.3 Å². The molecule has 0 spiro atoms. The van der Waals surface area contributed by atoms with Crippen LogP contribution in [0.15, 0.2) is 42.9 Å². The molecule has 0 saturated heterocycles. The summed E-state index contributed by atoms with van der Waals surface area (Å²) in [5.41, 5.74) is 2.88. The van der Waals surface area contributed by atoms with Crippen LogP contribution < -0.4 is 5.32 Å². The van der Waals surface area contributed by atoms with Crippen LogP contribution in [0.2, 0.25) is 0 Å². The lowest BCUT2D eigenvalue weighted by Gasteiger charge is -2.12. The second-order valence-corrected chi connectivity index (χ2v) is 5.02. The smallest absolute Gasteiger partial charge is 0.223 e. The molecule has 110 valence electrons. The minimum absolute atomic E-state index is 0.104. The van der Waals surface area contributed by atoms with Gasteiger partial charge < -0.3 is 5.32 Å². The Hall–Kier alpha value is -2.23. The molecule has 4 heteroatoms. The Morgan fingerprint density at radius 1 is 1.19 bits per heavy atom. The molecule has 0 unspecified atom stereocenters. The quantitative estimate of drug-likeness (QED) is 0.885. The van der Waals surface area contributed by atoms with Gasteiger partial charge in [-0.15, -0.1) is 0 Å². The van der Waals surface area contributed by atoms with Gasteiger partial charge in [0.25, 0.3) is 0 Å². The van der Waals surface area contributed by atoms with E-state index >= 15 is 0 Å². The Bertz CT molecular complexity index is 562. The summed E-state index contributed by atoms with van der Waals surface area (Å²) in [4.78, 5) is 20.4. The van der Waals surface area contributed by atoms with Crippen LogP contribution in [0.1, 0.15) is 32.3 Å². The fourth-order valence-electron chi connectivity index (χ4n) is 2.21. The number of carbonyl (C=O) groups excluding carboxylic acids is 1. The summed E-state index contributed by atoms with van der Waals surface area (Å²) in [6.07, 6.45) is 7.08. The van der Waals surface area contributed by atoms with Gasteiger partial charge in [-0.25, -0.2) is 0 Å². The second kappa shape index (κ2) is 7.53. The summed E-state index contributed by atoms with van der Waals surface area (Å²) in [5.74, 6) is 0.226. The van der Waals surface area contributed by atoms with Crippen molar-refractivity contribution in [1.29, 1.82) is 0 Å². The van der Waals surface area contributed by atoms with Crippen LogP contribution in [0.5, 0.6) is 0 Å². The Morgan fingerprint density at radius 2 is 2.00 bits per heavy atom. The Kier molecular flexibility index (Phi) is 5.43. The zero-order valence-electron chi connectivity index (χ0n) is 12.5. The first-order valence-electron chi connectivity index (χ1n) is 7.37. The van der Waals surface area contributed by atoms with E-state index in [9.17, 15) is 4.79 Å². The predicted octanol–water partition coefficient (Wildman–Crippen LogP) is 3.20. The summed E-state index contributed by atoms with van der Waals surface area (Å²) in [7, 11) is 0. The highest BCUT2D eigenvalue weighted by Crippen LogP contribution is 2.15. The molecule has 0 saturated carbocycles. The van der Waals surface area contributed by atoms with Crippen molar-refractivity contribution in [3.05, 3.63) is 48.4 Å². The van der Waals surface area contributed by atoms with Crippen LogP contribution in [-0.4, -0.2) is 15.9 Å². The number of rotatable bonds is 6. The lowest BCUT2D eigenvalue weighted by molar-refractivity contribution is -0.125. The maximum Gasteiger partial charge on any atom is 0.223 e. The van der Waals surface area contributed by atoms with Crippen molar-refractivity contribution in [3.63, 3.8) is 0 Å². The fraction of sp³-hybridized carbons (Fsp3) is 0.353. The third-order valence-corrected chi connectivity index (χ3v) is 3.61. The van der Waals surface area contributed by atoms with Crippen molar-refractivity contribution in [2.45, 2.75) is 33.2 Å². The zero-order chi connectivity index (χ0) is 15.1. The van der Waals surface area contributed by atoms with E-state index in [1.165, 1.54) is 0 Å². The SMILES string of the molecule is CCC(CC)C(=O)NCc1ccc(-c2cccnc2)nc1. The van der Waals surface area contributed by atoms with E-state index in [-0.39, 0.29) is 11.8 Å². The van der Waals surface area contributed by atoms with Crippen LogP contribution in [0, 0.1) is 5.92 Å². The highest BCUT2D eigenvalue weighted by atomic mass is 16.1. The van der Waals surface area contributed by atoms with Crippen molar-refractivity contribution in [2.24, 2.45) is 5.92 Å². The molecule has 0 aliphatic rings. The van der Waals surface area contributed by atoms with E-state index in [4.69, 9.17) is 0 Å². The zero-order valence-corrected chi connectivity index (χ0v) is 12.5. The van der Waals surface area contributed by atoms with Crippen molar-refractivity contribution < 1.29 is 4.79 Å². The third kappa shape index (κ3) is 4.12. The maximum atomic E-state index is 11.9. The second-order valence-electron chi connectivity index (χ2n) is 5.02. The van der Waals surface area contributed by atoms with Gasteiger partial charge in [0.2, 0.25) is 5.91 Å². The van der Waals surface area contributed by atoms with Crippen molar-refractivity contribution >= 4 is 5.91 Å². The van der Waals surface area contributed by atoms with E-state index in [0.29, 0.717) is 6.54 Å². The number of nitrogens with zero attached hydrogens (tertiary/aromatic N) is 2. The van der Waals surface area contributed by atoms with Crippen LogP contribution in [0.4, 0.5) is 0 Å². The number of nitrogens with one attached hydrogen (secondary N) is 1. The van der Waals surface area contributed by atoms with E-state index in [1.807, 2.05) is 38.1 Å². The lowest BCUT2D eigenvalue weighted by atomic mass is 10.0. The van der Waals surface area contributed by atoms with Crippen molar-refractivity contribution in [2.75, 3.05) is 0 Å². The van der Waals surface area contributed by atoms with Gasteiger partial charge in [0.05, 0.1) is 5.69 Å². The van der Waals surface area contributed by atoms with Crippen molar-refractivity contribution in [3.8, 4) is 11.3 Å². The first-order chi connectivity index (χ1) is 10.2. The van der Waals surface area contributed by atoms with E-state index in [0.717, 1.165) is 29.7 Å². The average molecular weight is 283 g/mol. The molecule has 0 radical (unpaired) electrons. The van der Waals surface area contributed by atoms with Gasteiger partial charge in [-0.1, -0.05) is 19.9 Å². The molecule has 0 aromatic carbocycles. The van der Waals surface area contributed by atoms with Crippen LogP contribution in [-0.2, 0) is 11.3 Å². The summed E-state index contributed by atoms with van der Waals surface area (Å²) in [6, 6.07) is 7.81. The Labute approximate surface area is 125 Å². The monoisotopic (exact) mass is 283 g/mol. The van der Waals surface area contributed by atoms with Gasteiger partial charge >= 0.3 is 0 Å². The minimum atomic E-state index is 0.104. The molecule has 0 atom stereocenters. The first kappa shape index (κ1) is 15.2. The third-order valence-electron chi connectivity index (χ3n) is 3.61. The van der Waals surface area contributed by atoms with Crippen LogP contribution >= 0.6 is 0 Å². The molecule has 2 aromatic rings. The molecule has 0 fully saturated rings. The Morgan fingerprint density at radius 3 is 2.57 bits per heavy atom. The molecule has 2 heterocycles. The Balaban J connectivity index is 1.96. The number of pyridine rings is 2. The first-order valence-corrected chi connectivity index (χ1v) is 7.37. The molecular formula is C17H21N3O. The van der Waals surface area contributed by atoms with E-state index < -0.39 is 0 Å². The van der Waals surface area contributed by atoms with E-state index in [1.54, 1.807) is 18.6 Å². The normalized spacial score (nSPS) is 10.6. The molecule has 2 aromatic heterocycles. The highest BCUT2D eigenvalue weighted by Gasteiger charge is 2.13. The van der Waals surface area contributed by atoms with Crippen LogP contribution in [0.25, 0.3) is 11.3 Å². The number of hydrogen-bond acceptors (Lipinski definition) is 3. The number of carbonyl (C=O) groups is 1. The fourth-order valence-corrected chi connectivity index (χ4v) is 2.21. The summed E-state index contributed by atoms with van der Waals surface area (Å²) < 4.78 is 0. The molecule has 21 heavy (non-hydrogen) atoms. The summed E-state index contributed by atoms with van der Waals surface area (Å²) in [6.45, 7) is 4.60. The van der Waals surface area contributed by atoms with Crippen LogP contribution in [0.3, 0.4) is 0 Å². The molecule has 0 bridgehead atoms. The molecule has 0 aliphatic heterocycles. The standard InChI is InChI=1S/C17H21N3O/c1-3-14(4-2)17(21)20-11-13-7-8-16(19-10-13)15-6-5-9-18-12-15/h5-10,12,14H,3-4,11H2,1-2H3,(H,20,21). The minimum Gasteiger partial charge on any atom is -0.352 e. The largest absolute Gasteiger partial charge is 0.352 e. The summed E-state index contributed by atoms with van der Waals surface area (Å²) in [5, 5.41) is 2.97. The molecule has 1 amide bonds. The van der Waals surface area contributed by atoms with Crippen molar-refractivity contribution in [1.82, 2.24) is 15.3 Å². The molecule has 1 N–H and O–H groups in total. The molecule has 4 nitrogen and oxygen atoms in total. The highest BCUT2D eigenvalue weighted by molar-refractivity contribution is 5.78. The van der Waals surface area contributed by atoms with Gasteiger partial charge in [-0.05, 0) is 36.6 Å². The van der Waals surface area contributed by atoms with Gasteiger partial charge in [0.1, 0.15) is 0 Å².